The topological polar surface area (TPSA) is 55.6 Å². The predicted octanol–water partition coefficient (Wildman–Crippen LogP) is 2.97. The maximum atomic E-state index is 13.7. The Morgan fingerprint density at radius 2 is 2.05 bits per heavy atom. The molecule has 5 nitrogen and oxygen atoms in total. The summed E-state index contributed by atoms with van der Waals surface area (Å²) in [4.78, 5) is 8.17. The maximum absolute atomic E-state index is 13.7. The number of hydrogen-bond acceptors (Lipinski definition) is 4. The van der Waals surface area contributed by atoms with Crippen molar-refractivity contribution >= 4 is 5.69 Å². The second kappa shape index (κ2) is 5.70. The normalized spacial score (nSPS) is 12.1. The first-order valence-corrected chi connectivity index (χ1v) is 6.56. The Labute approximate surface area is 121 Å². The molecule has 106 valence electrons. The number of aromatic nitrogens is 4. The highest BCUT2D eigenvalue weighted by Crippen LogP contribution is 2.21. The zero-order valence-corrected chi connectivity index (χ0v) is 11.4. The van der Waals surface area contributed by atoms with Crippen LogP contribution in [-0.4, -0.2) is 19.7 Å². The fourth-order valence-electron chi connectivity index (χ4n) is 2.09. The molecule has 0 saturated heterocycles. The summed E-state index contributed by atoms with van der Waals surface area (Å²) in [5.74, 6) is 0.460. The number of rotatable bonds is 4. The van der Waals surface area contributed by atoms with Gasteiger partial charge in [-0.05, 0) is 25.1 Å². The van der Waals surface area contributed by atoms with E-state index < -0.39 is 0 Å². The van der Waals surface area contributed by atoms with Gasteiger partial charge in [-0.15, -0.1) is 0 Å². The van der Waals surface area contributed by atoms with Crippen LogP contribution in [0.4, 0.5) is 10.1 Å². The molecule has 0 radical (unpaired) electrons. The van der Waals surface area contributed by atoms with E-state index in [0.717, 1.165) is 5.69 Å². The SMILES string of the molecule is CC(Nc1ccc(-n2cncn2)nc1)c1ccccc1F. The number of nitrogens with one attached hydrogen (secondary N) is 1. The van der Waals surface area contributed by atoms with Crippen molar-refractivity contribution in [2.45, 2.75) is 13.0 Å². The van der Waals surface area contributed by atoms with Gasteiger partial charge in [0, 0.05) is 5.56 Å². The summed E-state index contributed by atoms with van der Waals surface area (Å²) in [6.45, 7) is 1.91. The summed E-state index contributed by atoms with van der Waals surface area (Å²) in [6.07, 6.45) is 4.72. The lowest BCUT2D eigenvalue weighted by molar-refractivity contribution is 0.600. The van der Waals surface area contributed by atoms with Gasteiger partial charge < -0.3 is 5.32 Å². The number of halogens is 1. The Morgan fingerprint density at radius 3 is 2.71 bits per heavy atom. The van der Waals surface area contributed by atoms with Crippen LogP contribution in [0.25, 0.3) is 5.82 Å². The summed E-state index contributed by atoms with van der Waals surface area (Å²) in [7, 11) is 0. The van der Waals surface area contributed by atoms with Crippen LogP contribution in [0.5, 0.6) is 0 Å². The van der Waals surface area contributed by atoms with E-state index in [0.29, 0.717) is 11.4 Å². The largest absolute Gasteiger partial charge is 0.377 e. The second-order valence-corrected chi connectivity index (χ2v) is 4.63. The minimum Gasteiger partial charge on any atom is -0.377 e. The Hall–Kier alpha value is -2.76. The molecule has 2 heterocycles. The van der Waals surface area contributed by atoms with Crippen molar-refractivity contribution in [1.82, 2.24) is 19.7 Å². The smallest absolute Gasteiger partial charge is 0.155 e. The second-order valence-electron chi connectivity index (χ2n) is 4.63. The first-order chi connectivity index (χ1) is 10.2. The van der Waals surface area contributed by atoms with Crippen molar-refractivity contribution in [1.29, 1.82) is 0 Å². The van der Waals surface area contributed by atoms with Gasteiger partial charge in [-0.1, -0.05) is 18.2 Å². The third kappa shape index (κ3) is 2.89. The molecule has 1 N–H and O–H groups in total. The van der Waals surface area contributed by atoms with E-state index >= 15 is 0 Å². The number of anilines is 1. The summed E-state index contributed by atoms with van der Waals surface area (Å²) in [5.41, 5.74) is 1.44. The zero-order valence-electron chi connectivity index (χ0n) is 11.4. The third-order valence-corrected chi connectivity index (χ3v) is 3.16. The molecular formula is C15H14FN5. The van der Waals surface area contributed by atoms with Gasteiger partial charge in [0.05, 0.1) is 17.9 Å². The van der Waals surface area contributed by atoms with E-state index in [1.54, 1.807) is 29.3 Å². The van der Waals surface area contributed by atoms with E-state index in [9.17, 15) is 4.39 Å². The van der Waals surface area contributed by atoms with E-state index in [1.165, 1.54) is 12.4 Å². The quantitative estimate of drug-likeness (QED) is 0.799. The Balaban J connectivity index is 1.75. The molecule has 1 aromatic carbocycles. The van der Waals surface area contributed by atoms with Gasteiger partial charge in [-0.25, -0.2) is 19.0 Å². The molecule has 0 aliphatic rings. The van der Waals surface area contributed by atoms with Crippen molar-refractivity contribution in [3.05, 3.63) is 66.6 Å². The standard InChI is InChI=1S/C15H14FN5/c1-11(13-4-2-3-5-14(13)16)20-12-6-7-15(18-8-12)21-10-17-9-19-21/h2-11,20H,1H3. The van der Waals surface area contributed by atoms with Crippen molar-refractivity contribution in [3.8, 4) is 5.82 Å². The van der Waals surface area contributed by atoms with Gasteiger partial charge in [-0.2, -0.15) is 5.10 Å². The van der Waals surface area contributed by atoms with Crippen molar-refractivity contribution in [2.24, 2.45) is 0 Å². The van der Waals surface area contributed by atoms with Crippen LogP contribution in [-0.2, 0) is 0 Å². The van der Waals surface area contributed by atoms with E-state index in [2.05, 4.69) is 20.4 Å². The van der Waals surface area contributed by atoms with Gasteiger partial charge in [0.25, 0.3) is 0 Å². The highest BCUT2D eigenvalue weighted by Gasteiger charge is 2.10. The number of pyridine rings is 1. The summed E-state index contributed by atoms with van der Waals surface area (Å²) < 4.78 is 15.3. The fraction of sp³-hybridized carbons (Fsp3) is 0.133. The molecule has 0 fully saturated rings. The lowest BCUT2D eigenvalue weighted by Gasteiger charge is -2.16. The molecule has 0 amide bonds. The molecule has 1 atom stereocenters. The molecular weight excluding hydrogens is 269 g/mol. The van der Waals surface area contributed by atoms with Gasteiger partial charge in [0.15, 0.2) is 5.82 Å². The average molecular weight is 283 g/mol. The molecule has 1 unspecified atom stereocenters. The highest BCUT2D eigenvalue weighted by molar-refractivity contribution is 5.45. The molecule has 0 aliphatic carbocycles. The summed E-state index contributed by atoms with van der Waals surface area (Å²) in [5, 5.41) is 7.23. The highest BCUT2D eigenvalue weighted by atomic mass is 19.1. The van der Waals surface area contributed by atoms with E-state index in [-0.39, 0.29) is 11.9 Å². The molecule has 0 bridgehead atoms. The Morgan fingerprint density at radius 1 is 1.19 bits per heavy atom. The molecule has 21 heavy (non-hydrogen) atoms. The van der Waals surface area contributed by atoms with Crippen LogP contribution in [0, 0.1) is 5.82 Å². The number of hydrogen-bond donors (Lipinski definition) is 1. The average Bonchev–Trinajstić information content (AvgIpc) is 3.02. The van der Waals surface area contributed by atoms with Crippen LogP contribution >= 0.6 is 0 Å². The molecule has 0 saturated carbocycles. The molecule has 3 aromatic rings. The monoisotopic (exact) mass is 283 g/mol. The van der Waals surface area contributed by atoms with Gasteiger partial charge in [-0.3, -0.25) is 0 Å². The van der Waals surface area contributed by atoms with Crippen molar-refractivity contribution in [2.75, 3.05) is 5.32 Å². The predicted molar refractivity (Wildman–Crippen MR) is 77.6 cm³/mol. The third-order valence-electron chi connectivity index (χ3n) is 3.16. The van der Waals surface area contributed by atoms with Gasteiger partial charge in [0.2, 0.25) is 0 Å². The maximum Gasteiger partial charge on any atom is 0.155 e. The molecule has 0 spiro atoms. The lowest BCUT2D eigenvalue weighted by atomic mass is 10.1. The van der Waals surface area contributed by atoms with Crippen molar-refractivity contribution < 1.29 is 4.39 Å². The van der Waals surface area contributed by atoms with Crippen LogP contribution < -0.4 is 5.32 Å². The first-order valence-electron chi connectivity index (χ1n) is 6.56. The minimum absolute atomic E-state index is 0.148. The number of nitrogens with zero attached hydrogens (tertiary/aromatic N) is 4. The minimum atomic E-state index is -0.218. The van der Waals surface area contributed by atoms with Crippen LogP contribution in [0.15, 0.2) is 55.2 Å². The molecule has 3 rings (SSSR count). The lowest BCUT2D eigenvalue weighted by Crippen LogP contribution is -2.09. The zero-order chi connectivity index (χ0) is 14.7. The molecule has 6 heteroatoms. The first kappa shape index (κ1) is 13.2. The van der Waals surface area contributed by atoms with Crippen LogP contribution in [0.2, 0.25) is 0 Å². The Kier molecular flexibility index (Phi) is 3.59. The summed E-state index contributed by atoms with van der Waals surface area (Å²) >= 11 is 0. The number of benzene rings is 1. The Bertz CT molecular complexity index is 709. The van der Waals surface area contributed by atoms with Crippen LogP contribution in [0.1, 0.15) is 18.5 Å². The van der Waals surface area contributed by atoms with E-state index in [4.69, 9.17) is 0 Å². The fourth-order valence-corrected chi connectivity index (χ4v) is 2.09. The van der Waals surface area contributed by atoms with Gasteiger partial charge in [0.1, 0.15) is 18.5 Å². The molecule has 2 aromatic heterocycles. The van der Waals surface area contributed by atoms with Crippen molar-refractivity contribution in [3.63, 3.8) is 0 Å². The van der Waals surface area contributed by atoms with E-state index in [1.807, 2.05) is 25.1 Å². The molecule has 0 aliphatic heterocycles. The summed E-state index contributed by atoms with van der Waals surface area (Å²) in [6, 6.07) is 10.3. The van der Waals surface area contributed by atoms with Gasteiger partial charge >= 0.3 is 0 Å². The van der Waals surface area contributed by atoms with Crippen LogP contribution in [0.3, 0.4) is 0 Å².